The zero-order valence-electron chi connectivity index (χ0n) is 12.2. The van der Waals surface area contributed by atoms with E-state index in [4.69, 9.17) is 21.1 Å². The smallest absolute Gasteiger partial charge is 0.120 e. The Labute approximate surface area is 129 Å². The zero-order valence-corrected chi connectivity index (χ0v) is 12.9. The van der Waals surface area contributed by atoms with Crippen LogP contribution in [0.5, 0.6) is 11.5 Å². The van der Waals surface area contributed by atoms with Gasteiger partial charge in [0.2, 0.25) is 0 Å². The van der Waals surface area contributed by atoms with Gasteiger partial charge in [0, 0.05) is 11.6 Å². The summed E-state index contributed by atoms with van der Waals surface area (Å²) in [6.07, 6.45) is 0.997. The topological polar surface area (TPSA) is 30.5 Å². The zero-order chi connectivity index (χ0) is 14.8. The molecular weight excluding hydrogens is 286 g/mol. The van der Waals surface area contributed by atoms with Gasteiger partial charge < -0.3 is 14.8 Å². The molecule has 1 heterocycles. The van der Waals surface area contributed by atoms with Crippen LogP contribution in [0.15, 0.2) is 36.4 Å². The maximum atomic E-state index is 6.42. The van der Waals surface area contributed by atoms with E-state index >= 15 is 0 Å². The molecule has 1 unspecified atom stereocenters. The van der Waals surface area contributed by atoms with Gasteiger partial charge in [-0.05, 0) is 47.4 Å². The first-order valence-electron chi connectivity index (χ1n) is 6.96. The fraction of sp³-hybridized carbons (Fsp3) is 0.294. The summed E-state index contributed by atoms with van der Waals surface area (Å²) in [5.41, 5.74) is 3.64. The molecular formula is C17H18ClNO2. The molecule has 1 aliphatic heterocycles. The maximum Gasteiger partial charge on any atom is 0.120 e. The summed E-state index contributed by atoms with van der Waals surface area (Å²) < 4.78 is 10.5. The summed E-state index contributed by atoms with van der Waals surface area (Å²) in [6, 6.07) is 12.2. The van der Waals surface area contributed by atoms with Crippen molar-refractivity contribution in [2.75, 3.05) is 20.8 Å². The highest BCUT2D eigenvalue weighted by molar-refractivity contribution is 6.31. The number of hydrogen-bond donors (Lipinski definition) is 1. The van der Waals surface area contributed by atoms with Crippen molar-refractivity contribution in [1.82, 2.24) is 5.32 Å². The van der Waals surface area contributed by atoms with Gasteiger partial charge in [-0.15, -0.1) is 0 Å². The molecule has 3 rings (SSSR count). The third-order valence-corrected chi connectivity index (χ3v) is 4.25. The van der Waals surface area contributed by atoms with Crippen LogP contribution in [0.25, 0.3) is 0 Å². The molecule has 0 aliphatic carbocycles. The molecule has 0 fully saturated rings. The Balaban J connectivity index is 2.02. The largest absolute Gasteiger partial charge is 0.497 e. The Bertz CT molecular complexity index is 657. The molecule has 2 aromatic rings. The SMILES string of the molecule is COc1ccc(C2NCCc3cc(OC)ccc32)c(Cl)c1. The lowest BCUT2D eigenvalue weighted by Crippen LogP contribution is -2.30. The minimum Gasteiger partial charge on any atom is -0.497 e. The van der Waals surface area contributed by atoms with E-state index < -0.39 is 0 Å². The molecule has 0 bridgehead atoms. The van der Waals surface area contributed by atoms with Crippen LogP contribution in [0.2, 0.25) is 5.02 Å². The molecule has 0 aromatic heterocycles. The third kappa shape index (κ3) is 2.71. The van der Waals surface area contributed by atoms with Gasteiger partial charge in [-0.1, -0.05) is 23.7 Å². The molecule has 1 N–H and O–H groups in total. The lowest BCUT2D eigenvalue weighted by atomic mass is 9.89. The predicted octanol–water partition coefficient (Wildman–Crippen LogP) is 3.59. The van der Waals surface area contributed by atoms with E-state index in [9.17, 15) is 0 Å². The van der Waals surface area contributed by atoms with Crippen LogP contribution >= 0.6 is 11.6 Å². The number of nitrogens with one attached hydrogen (secondary N) is 1. The third-order valence-electron chi connectivity index (χ3n) is 3.92. The van der Waals surface area contributed by atoms with Gasteiger partial charge in [-0.25, -0.2) is 0 Å². The first kappa shape index (κ1) is 14.2. The standard InChI is InChI=1S/C17H18ClNO2/c1-20-12-3-5-14-11(9-12)7-8-19-17(14)15-6-4-13(21-2)10-16(15)18/h3-6,9-10,17,19H,7-8H2,1-2H3. The second kappa shape index (κ2) is 5.96. The quantitative estimate of drug-likeness (QED) is 0.940. The van der Waals surface area contributed by atoms with Gasteiger partial charge in [0.05, 0.1) is 20.3 Å². The van der Waals surface area contributed by atoms with Crippen LogP contribution in [0.4, 0.5) is 0 Å². The lowest BCUT2D eigenvalue weighted by Gasteiger charge is -2.28. The van der Waals surface area contributed by atoms with Crippen molar-refractivity contribution in [3.8, 4) is 11.5 Å². The van der Waals surface area contributed by atoms with E-state index in [0.717, 1.165) is 35.1 Å². The molecule has 21 heavy (non-hydrogen) atoms. The second-order valence-corrected chi connectivity index (χ2v) is 5.50. The highest BCUT2D eigenvalue weighted by Gasteiger charge is 2.23. The van der Waals surface area contributed by atoms with Crippen molar-refractivity contribution < 1.29 is 9.47 Å². The fourth-order valence-corrected chi connectivity index (χ4v) is 3.09. The van der Waals surface area contributed by atoms with Crippen LogP contribution in [-0.4, -0.2) is 20.8 Å². The minimum absolute atomic E-state index is 0.109. The van der Waals surface area contributed by atoms with E-state index in [1.54, 1.807) is 14.2 Å². The van der Waals surface area contributed by atoms with Crippen LogP contribution in [0.3, 0.4) is 0 Å². The Hall–Kier alpha value is -1.71. The highest BCUT2D eigenvalue weighted by Crippen LogP contribution is 2.35. The Morgan fingerprint density at radius 3 is 2.33 bits per heavy atom. The average Bonchev–Trinajstić information content (AvgIpc) is 2.53. The summed E-state index contributed by atoms with van der Waals surface area (Å²) in [6.45, 7) is 0.924. The molecule has 0 spiro atoms. The van der Waals surface area contributed by atoms with E-state index in [2.05, 4.69) is 17.4 Å². The normalized spacial score (nSPS) is 17.2. The van der Waals surface area contributed by atoms with Gasteiger partial charge in [-0.2, -0.15) is 0 Å². The molecule has 4 heteroatoms. The number of rotatable bonds is 3. The highest BCUT2D eigenvalue weighted by atomic mass is 35.5. The summed E-state index contributed by atoms with van der Waals surface area (Å²) >= 11 is 6.42. The van der Waals surface area contributed by atoms with Crippen molar-refractivity contribution >= 4 is 11.6 Å². The Morgan fingerprint density at radius 2 is 1.67 bits per heavy atom. The first-order chi connectivity index (χ1) is 10.2. The molecule has 0 saturated carbocycles. The lowest BCUT2D eigenvalue weighted by molar-refractivity contribution is 0.412. The predicted molar refractivity (Wildman–Crippen MR) is 84.5 cm³/mol. The summed E-state index contributed by atoms with van der Waals surface area (Å²) in [5.74, 6) is 1.67. The van der Waals surface area contributed by atoms with Gasteiger partial charge in [0.25, 0.3) is 0 Å². The number of methoxy groups -OCH3 is 2. The average molecular weight is 304 g/mol. The van der Waals surface area contributed by atoms with E-state index in [1.807, 2.05) is 24.3 Å². The molecule has 110 valence electrons. The van der Waals surface area contributed by atoms with Crippen molar-refractivity contribution in [3.05, 3.63) is 58.1 Å². The minimum atomic E-state index is 0.109. The van der Waals surface area contributed by atoms with Crippen molar-refractivity contribution in [3.63, 3.8) is 0 Å². The van der Waals surface area contributed by atoms with Crippen LogP contribution in [-0.2, 0) is 6.42 Å². The monoisotopic (exact) mass is 303 g/mol. The number of hydrogen-bond acceptors (Lipinski definition) is 3. The van der Waals surface area contributed by atoms with Crippen molar-refractivity contribution in [1.29, 1.82) is 0 Å². The van der Waals surface area contributed by atoms with E-state index in [0.29, 0.717) is 0 Å². The molecule has 0 saturated heterocycles. The Morgan fingerprint density at radius 1 is 1.00 bits per heavy atom. The maximum absolute atomic E-state index is 6.42. The molecule has 3 nitrogen and oxygen atoms in total. The van der Waals surface area contributed by atoms with Gasteiger partial charge >= 0.3 is 0 Å². The van der Waals surface area contributed by atoms with Crippen molar-refractivity contribution in [2.45, 2.75) is 12.5 Å². The summed E-state index contributed by atoms with van der Waals surface area (Å²) in [7, 11) is 3.34. The molecule has 1 atom stereocenters. The molecule has 2 aromatic carbocycles. The molecule has 1 aliphatic rings. The van der Waals surface area contributed by atoms with E-state index in [1.165, 1.54) is 11.1 Å². The van der Waals surface area contributed by atoms with Gasteiger partial charge in [0.15, 0.2) is 0 Å². The molecule has 0 amide bonds. The van der Waals surface area contributed by atoms with Gasteiger partial charge in [0.1, 0.15) is 11.5 Å². The summed E-state index contributed by atoms with van der Waals surface area (Å²) in [5, 5.41) is 4.26. The number of ether oxygens (including phenoxy) is 2. The van der Waals surface area contributed by atoms with Crippen LogP contribution in [0, 0.1) is 0 Å². The second-order valence-electron chi connectivity index (χ2n) is 5.09. The molecule has 0 radical (unpaired) electrons. The number of fused-ring (bicyclic) bond motifs is 1. The van der Waals surface area contributed by atoms with Gasteiger partial charge in [-0.3, -0.25) is 0 Å². The van der Waals surface area contributed by atoms with Crippen LogP contribution in [0.1, 0.15) is 22.7 Å². The first-order valence-corrected chi connectivity index (χ1v) is 7.34. The van der Waals surface area contributed by atoms with E-state index in [-0.39, 0.29) is 6.04 Å². The summed E-state index contributed by atoms with van der Waals surface area (Å²) in [4.78, 5) is 0. The number of benzene rings is 2. The Kier molecular flexibility index (Phi) is 4.04. The number of halogens is 1. The van der Waals surface area contributed by atoms with Crippen molar-refractivity contribution in [2.24, 2.45) is 0 Å². The van der Waals surface area contributed by atoms with Crippen LogP contribution < -0.4 is 14.8 Å². The fourth-order valence-electron chi connectivity index (χ4n) is 2.81.